The van der Waals surface area contributed by atoms with Crippen molar-refractivity contribution in [2.45, 2.75) is 38.6 Å². The Hall–Kier alpha value is -1.16. The molecule has 0 saturated heterocycles. The van der Waals surface area contributed by atoms with Crippen LogP contribution in [0, 0.1) is 17.6 Å². The minimum atomic E-state index is -0.869. The highest BCUT2D eigenvalue weighted by Gasteiger charge is 2.20. The lowest BCUT2D eigenvalue weighted by Gasteiger charge is -2.29. The number of rotatable bonds is 5. The molecular formula is C15H21F2NO. The van der Waals surface area contributed by atoms with Gasteiger partial charge in [0, 0.05) is 18.7 Å². The molecule has 0 amide bonds. The highest BCUT2D eigenvalue weighted by Crippen LogP contribution is 2.23. The summed E-state index contributed by atoms with van der Waals surface area (Å²) in [4.78, 5) is 0. The van der Waals surface area contributed by atoms with E-state index in [0.29, 0.717) is 24.3 Å². The van der Waals surface area contributed by atoms with Crippen molar-refractivity contribution in [1.82, 2.24) is 5.32 Å². The van der Waals surface area contributed by atoms with E-state index in [1.807, 2.05) is 0 Å². The van der Waals surface area contributed by atoms with Gasteiger partial charge in [0.1, 0.15) is 12.4 Å². The number of benzene rings is 1. The van der Waals surface area contributed by atoms with Gasteiger partial charge < -0.3 is 10.1 Å². The zero-order valence-electron chi connectivity index (χ0n) is 11.3. The van der Waals surface area contributed by atoms with E-state index in [1.165, 1.54) is 31.7 Å². The van der Waals surface area contributed by atoms with Crippen LogP contribution >= 0.6 is 0 Å². The standard InChI is InChI=1S/C15H21F2NO/c1-11-4-2-3-5-15(11)18-8-9-19-12-6-7-13(16)14(17)10-12/h6-7,10-11,15,18H,2-5,8-9H2,1H3. The maximum atomic E-state index is 13.0. The van der Waals surface area contributed by atoms with Crippen LogP contribution in [0.25, 0.3) is 0 Å². The molecule has 1 aromatic rings. The van der Waals surface area contributed by atoms with Crippen LogP contribution in [0.5, 0.6) is 5.75 Å². The number of hydrogen-bond acceptors (Lipinski definition) is 2. The Morgan fingerprint density at radius 3 is 2.74 bits per heavy atom. The summed E-state index contributed by atoms with van der Waals surface area (Å²) in [5, 5.41) is 3.47. The van der Waals surface area contributed by atoms with Crippen molar-refractivity contribution in [3.8, 4) is 5.75 Å². The Kier molecular flexibility index (Phi) is 5.14. The molecule has 0 heterocycles. The average Bonchev–Trinajstić information content (AvgIpc) is 2.40. The molecule has 19 heavy (non-hydrogen) atoms. The molecule has 1 aromatic carbocycles. The van der Waals surface area contributed by atoms with Crippen LogP contribution in [-0.2, 0) is 0 Å². The first kappa shape index (κ1) is 14.3. The Labute approximate surface area is 113 Å². The fraction of sp³-hybridized carbons (Fsp3) is 0.600. The number of nitrogens with one attached hydrogen (secondary N) is 1. The molecule has 2 atom stereocenters. The quantitative estimate of drug-likeness (QED) is 0.826. The van der Waals surface area contributed by atoms with Gasteiger partial charge in [-0.25, -0.2) is 8.78 Å². The van der Waals surface area contributed by atoms with Gasteiger partial charge in [-0.1, -0.05) is 19.8 Å². The normalized spacial score (nSPS) is 23.3. The second-order valence-corrected chi connectivity index (χ2v) is 5.25. The van der Waals surface area contributed by atoms with Crippen LogP contribution in [0.1, 0.15) is 32.6 Å². The fourth-order valence-electron chi connectivity index (χ4n) is 2.60. The predicted octanol–water partition coefficient (Wildman–Crippen LogP) is 3.51. The summed E-state index contributed by atoms with van der Waals surface area (Å²) in [5.41, 5.74) is 0. The summed E-state index contributed by atoms with van der Waals surface area (Å²) in [5.74, 6) is -0.637. The molecule has 4 heteroatoms. The van der Waals surface area contributed by atoms with Crippen molar-refractivity contribution in [1.29, 1.82) is 0 Å². The lowest BCUT2D eigenvalue weighted by molar-refractivity contribution is 0.250. The molecule has 0 bridgehead atoms. The van der Waals surface area contributed by atoms with E-state index in [-0.39, 0.29) is 0 Å². The third-order valence-corrected chi connectivity index (χ3v) is 3.78. The molecular weight excluding hydrogens is 248 g/mol. The van der Waals surface area contributed by atoms with Crippen molar-refractivity contribution in [3.63, 3.8) is 0 Å². The Bertz CT molecular complexity index is 411. The van der Waals surface area contributed by atoms with Crippen molar-refractivity contribution < 1.29 is 13.5 Å². The van der Waals surface area contributed by atoms with Crippen LogP contribution in [0.4, 0.5) is 8.78 Å². The van der Waals surface area contributed by atoms with Gasteiger partial charge in [-0.3, -0.25) is 0 Å². The van der Waals surface area contributed by atoms with Gasteiger partial charge in [0.2, 0.25) is 0 Å². The maximum Gasteiger partial charge on any atom is 0.162 e. The second-order valence-electron chi connectivity index (χ2n) is 5.25. The third kappa shape index (κ3) is 4.16. The topological polar surface area (TPSA) is 21.3 Å². The van der Waals surface area contributed by atoms with E-state index in [4.69, 9.17) is 4.74 Å². The molecule has 0 aromatic heterocycles. The molecule has 2 rings (SSSR count). The largest absolute Gasteiger partial charge is 0.492 e. The predicted molar refractivity (Wildman–Crippen MR) is 71.3 cm³/mol. The zero-order chi connectivity index (χ0) is 13.7. The molecule has 0 aliphatic heterocycles. The number of halogens is 2. The van der Waals surface area contributed by atoms with Crippen LogP contribution in [0.2, 0.25) is 0 Å². The molecule has 1 saturated carbocycles. The minimum Gasteiger partial charge on any atom is -0.492 e. The number of hydrogen-bond donors (Lipinski definition) is 1. The SMILES string of the molecule is CC1CCCCC1NCCOc1ccc(F)c(F)c1. The average molecular weight is 269 g/mol. The lowest BCUT2D eigenvalue weighted by Crippen LogP contribution is -2.39. The van der Waals surface area contributed by atoms with Crippen molar-refractivity contribution >= 4 is 0 Å². The molecule has 0 spiro atoms. The van der Waals surface area contributed by atoms with Gasteiger partial charge in [0.05, 0.1) is 0 Å². The first-order valence-corrected chi connectivity index (χ1v) is 6.98. The van der Waals surface area contributed by atoms with E-state index in [2.05, 4.69) is 12.2 Å². The van der Waals surface area contributed by atoms with Gasteiger partial charge in [-0.05, 0) is 30.9 Å². The van der Waals surface area contributed by atoms with Gasteiger partial charge in [-0.2, -0.15) is 0 Å². The van der Waals surface area contributed by atoms with Gasteiger partial charge in [0.15, 0.2) is 11.6 Å². The summed E-state index contributed by atoms with van der Waals surface area (Å²) < 4.78 is 31.1. The van der Waals surface area contributed by atoms with Crippen molar-refractivity contribution in [3.05, 3.63) is 29.8 Å². The molecule has 2 unspecified atom stereocenters. The maximum absolute atomic E-state index is 13.0. The Balaban J connectivity index is 1.70. The molecule has 106 valence electrons. The first-order chi connectivity index (χ1) is 9.16. The van der Waals surface area contributed by atoms with E-state index >= 15 is 0 Å². The molecule has 2 nitrogen and oxygen atoms in total. The fourth-order valence-corrected chi connectivity index (χ4v) is 2.60. The van der Waals surface area contributed by atoms with Crippen LogP contribution in [0.15, 0.2) is 18.2 Å². The molecule has 1 aliphatic carbocycles. The van der Waals surface area contributed by atoms with Gasteiger partial charge >= 0.3 is 0 Å². The zero-order valence-corrected chi connectivity index (χ0v) is 11.3. The van der Waals surface area contributed by atoms with Crippen LogP contribution < -0.4 is 10.1 Å². The smallest absolute Gasteiger partial charge is 0.162 e. The van der Waals surface area contributed by atoms with E-state index in [0.717, 1.165) is 18.7 Å². The molecule has 1 aliphatic rings. The van der Waals surface area contributed by atoms with E-state index in [1.54, 1.807) is 0 Å². The van der Waals surface area contributed by atoms with Gasteiger partial charge in [-0.15, -0.1) is 0 Å². The van der Waals surface area contributed by atoms with Crippen LogP contribution in [-0.4, -0.2) is 19.2 Å². The summed E-state index contributed by atoms with van der Waals surface area (Å²) in [6, 6.07) is 4.17. The first-order valence-electron chi connectivity index (χ1n) is 6.98. The van der Waals surface area contributed by atoms with Crippen LogP contribution in [0.3, 0.4) is 0 Å². The van der Waals surface area contributed by atoms with E-state index in [9.17, 15) is 8.78 Å². The Morgan fingerprint density at radius 1 is 1.21 bits per heavy atom. The number of ether oxygens (including phenoxy) is 1. The van der Waals surface area contributed by atoms with E-state index < -0.39 is 11.6 Å². The van der Waals surface area contributed by atoms with Crippen molar-refractivity contribution in [2.75, 3.05) is 13.2 Å². The van der Waals surface area contributed by atoms with Gasteiger partial charge in [0.25, 0.3) is 0 Å². The second kappa shape index (κ2) is 6.85. The molecule has 0 radical (unpaired) electrons. The molecule has 1 fully saturated rings. The summed E-state index contributed by atoms with van der Waals surface area (Å²) in [7, 11) is 0. The summed E-state index contributed by atoms with van der Waals surface area (Å²) in [6.07, 6.45) is 5.10. The monoisotopic (exact) mass is 269 g/mol. The van der Waals surface area contributed by atoms with Crippen molar-refractivity contribution in [2.24, 2.45) is 5.92 Å². The summed E-state index contributed by atoms with van der Waals surface area (Å²) >= 11 is 0. The summed E-state index contributed by atoms with van der Waals surface area (Å²) in [6.45, 7) is 3.47. The highest BCUT2D eigenvalue weighted by molar-refractivity contribution is 5.23. The highest BCUT2D eigenvalue weighted by atomic mass is 19.2. The lowest BCUT2D eigenvalue weighted by atomic mass is 9.86. The minimum absolute atomic E-state index is 0.373. The third-order valence-electron chi connectivity index (χ3n) is 3.78. The Morgan fingerprint density at radius 2 is 2.00 bits per heavy atom. The molecule has 1 N–H and O–H groups in total.